The molecule has 0 spiro atoms. The highest BCUT2D eigenvalue weighted by Crippen LogP contribution is 2.45. The Labute approximate surface area is 114 Å². The van der Waals surface area contributed by atoms with Crippen LogP contribution in [-0.2, 0) is 0 Å². The van der Waals surface area contributed by atoms with E-state index < -0.39 is 0 Å². The first kappa shape index (κ1) is 14.0. The number of thioether (sulfide) groups is 2. The summed E-state index contributed by atoms with van der Waals surface area (Å²) in [7, 11) is 0. The molecule has 0 saturated carbocycles. The van der Waals surface area contributed by atoms with Crippen molar-refractivity contribution >= 4 is 23.5 Å². The molecule has 2 aliphatic rings. The lowest BCUT2D eigenvalue weighted by Crippen LogP contribution is -2.66. The molecule has 2 nitrogen and oxygen atoms in total. The van der Waals surface area contributed by atoms with Crippen LogP contribution in [0.3, 0.4) is 0 Å². The lowest BCUT2D eigenvalue weighted by Gasteiger charge is -2.55. The van der Waals surface area contributed by atoms with Gasteiger partial charge in [-0.3, -0.25) is 4.90 Å². The van der Waals surface area contributed by atoms with Crippen LogP contribution in [0.2, 0.25) is 0 Å². The third-order valence-electron chi connectivity index (χ3n) is 4.64. The molecule has 2 rings (SSSR count). The minimum atomic E-state index is 0.237. The van der Waals surface area contributed by atoms with Gasteiger partial charge in [-0.25, -0.2) is 0 Å². The molecule has 0 aromatic carbocycles. The molecule has 2 fully saturated rings. The molecule has 4 heteroatoms. The van der Waals surface area contributed by atoms with E-state index in [1.54, 1.807) is 0 Å². The summed E-state index contributed by atoms with van der Waals surface area (Å²) >= 11 is 4.20. The summed E-state index contributed by atoms with van der Waals surface area (Å²) in [5.41, 5.74) is 6.83. The Morgan fingerprint density at radius 2 is 1.94 bits per heavy atom. The summed E-state index contributed by atoms with van der Waals surface area (Å²) in [6.07, 6.45) is 2.63. The second-order valence-electron chi connectivity index (χ2n) is 5.88. The first-order valence-corrected chi connectivity index (χ1v) is 9.04. The highest BCUT2D eigenvalue weighted by atomic mass is 32.2. The van der Waals surface area contributed by atoms with Crippen LogP contribution in [0.4, 0.5) is 0 Å². The fraction of sp³-hybridized carbons (Fsp3) is 1.00. The third-order valence-corrected chi connectivity index (χ3v) is 6.86. The van der Waals surface area contributed by atoms with Crippen molar-refractivity contribution < 1.29 is 0 Å². The van der Waals surface area contributed by atoms with Crippen LogP contribution >= 0.6 is 23.5 Å². The van der Waals surface area contributed by atoms with E-state index in [1.165, 1.54) is 48.9 Å². The van der Waals surface area contributed by atoms with Crippen LogP contribution in [0, 0.1) is 5.41 Å². The van der Waals surface area contributed by atoms with E-state index in [0.717, 1.165) is 6.54 Å². The maximum absolute atomic E-state index is 6.23. The zero-order valence-electron chi connectivity index (χ0n) is 11.2. The molecule has 2 saturated heterocycles. The predicted octanol–water partition coefficient (Wildman–Crippen LogP) is 2.29. The maximum Gasteiger partial charge on any atom is 0.0473 e. The fourth-order valence-corrected chi connectivity index (χ4v) is 5.87. The van der Waals surface area contributed by atoms with E-state index in [0.29, 0.717) is 5.41 Å². The van der Waals surface area contributed by atoms with Crippen molar-refractivity contribution in [2.75, 3.05) is 42.6 Å². The molecular formula is C13H26N2S2. The molecule has 1 unspecified atom stereocenters. The maximum atomic E-state index is 6.23. The average molecular weight is 274 g/mol. The van der Waals surface area contributed by atoms with Gasteiger partial charge in [-0.2, -0.15) is 23.5 Å². The average Bonchev–Trinajstić information content (AvgIpc) is 2.58. The van der Waals surface area contributed by atoms with Crippen LogP contribution in [-0.4, -0.2) is 53.1 Å². The van der Waals surface area contributed by atoms with Crippen molar-refractivity contribution in [1.29, 1.82) is 0 Å². The van der Waals surface area contributed by atoms with Gasteiger partial charge in [0.15, 0.2) is 0 Å². The lowest BCUT2D eigenvalue weighted by molar-refractivity contribution is 0.00667. The van der Waals surface area contributed by atoms with Gasteiger partial charge in [-0.05, 0) is 36.3 Å². The Morgan fingerprint density at radius 3 is 2.65 bits per heavy atom. The fourth-order valence-electron chi connectivity index (χ4n) is 3.15. The molecule has 0 aliphatic carbocycles. The van der Waals surface area contributed by atoms with Gasteiger partial charge in [0.05, 0.1) is 0 Å². The minimum Gasteiger partial charge on any atom is -0.329 e. The van der Waals surface area contributed by atoms with E-state index in [-0.39, 0.29) is 5.54 Å². The summed E-state index contributed by atoms with van der Waals surface area (Å²) in [5.74, 6) is 5.13. The molecule has 0 aromatic rings. The number of nitrogens with zero attached hydrogens (tertiary/aromatic N) is 1. The van der Waals surface area contributed by atoms with Crippen molar-refractivity contribution in [2.45, 2.75) is 32.2 Å². The summed E-state index contributed by atoms with van der Waals surface area (Å²) in [4.78, 5) is 2.72. The van der Waals surface area contributed by atoms with E-state index >= 15 is 0 Å². The van der Waals surface area contributed by atoms with Crippen molar-refractivity contribution in [3.8, 4) is 0 Å². The molecule has 2 N–H and O–H groups in total. The van der Waals surface area contributed by atoms with E-state index in [1.807, 2.05) is 0 Å². The molecule has 2 heterocycles. The quantitative estimate of drug-likeness (QED) is 0.836. The van der Waals surface area contributed by atoms with Crippen LogP contribution in [0.1, 0.15) is 26.7 Å². The van der Waals surface area contributed by atoms with E-state index in [4.69, 9.17) is 5.73 Å². The molecule has 0 radical (unpaired) electrons. The van der Waals surface area contributed by atoms with E-state index in [9.17, 15) is 0 Å². The lowest BCUT2D eigenvalue weighted by atomic mass is 9.69. The number of nitrogens with two attached hydrogens (primary N) is 1. The Kier molecular flexibility index (Phi) is 4.73. The molecule has 1 atom stereocenters. The Morgan fingerprint density at radius 1 is 1.12 bits per heavy atom. The van der Waals surface area contributed by atoms with Crippen molar-refractivity contribution in [3.05, 3.63) is 0 Å². The molecule has 17 heavy (non-hydrogen) atoms. The van der Waals surface area contributed by atoms with E-state index in [2.05, 4.69) is 42.3 Å². The van der Waals surface area contributed by atoms with Gasteiger partial charge in [-0.1, -0.05) is 13.8 Å². The van der Waals surface area contributed by atoms with Crippen molar-refractivity contribution in [2.24, 2.45) is 11.1 Å². The number of hydrogen-bond donors (Lipinski definition) is 1. The molecule has 0 amide bonds. The highest BCUT2D eigenvalue weighted by Gasteiger charge is 2.49. The second kappa shape index (κ2) is 5.72. The van der Waals surface area contributed by atoms with Crippen LogP contribution in [0.25, 0.3) is 0 Å². The molecular weight excluding hydrogens is 248 g/mol. The first-order valence-electron chi connectivity index (χ1n) is 6.73. The smallest absolute Gasteiger partial charge is 0.0473 e. The van der Waals surface area contributed by atoms with Crippen LogP contribution < -0.4 is 5.73 Å². The Hall–Kier alpha value is 0.620. The zero-order valence-corrected chi connectivity index (χ0v) is 12.8. The highest BCUT2D eigenvalue weighted by molar-refractivity contribution is 7.99. The Bertz CT molecular complexity index is 250. The monoisotopic (exact) mass is 274 g/mol. The van der Waals surface area contributed by atoms with Gasteiger partial charge in [0.1, 0.15) is 0 Å². The van der Waals surface area contributed by atoms with Crippen LogP contribution in [0.15, 0.2) is 0 Å². The number of hydrogen-bond acceptors (Lipinski definition) is 4. The van der Waals surface area contributed by atoms with Gasteiger partial charge < -0.3 is 5.73 Å². The van der Waals surface area contributed by atoms with Crippen molar-refractivity contribution in [3.63, 3.8) is 0 Å². The minimum absolute atomic E-state index is 0.237. The summed E-state index contributed by atoms with van der Waals surface area (Å²) in [6.45, 7) is 8.15. The van der Waals surface area contributed by atoms with Crippen molar-refractivity contribution in [1.82, 2.24) is 4.90 Å². The standard InChI is InChI=1S/C13H26N2S2/c1-12(2)4-8-17-11-13(12,10-14)15-5-3-7-16-9-6-15/h3-11,14H2,1-2H3. The zero-order chi connectivity index (χ0) is 12.4. The summed E-state index contributed by atoms with van der Waals surface area (Å²) < 4.78 is 0. The predicted molar refractivity (Wildman–Crippen MR) is 81.0 cm³/mol. The first-order chi connectivity index (χ1) is 8.12. The van der Waals surface area contributed by atoms with Gasteiger partial charge in [0.25, 0.3) is 0 Å². The van der Waals surface area contributed by atoms with Gasteiger partial charge in [0.2, 0.25) is 0 Å². The topological polar surface area (TPSA) is 29.3 Å². The Balaban J connectivity index is 2.21. The summed E-state index contributed by atoms with van der Waals surface area (Å²) in [6, 6.07) is 0. The largest absolute Gasteiger partial charge is 0.329 e. The van der Waals surface area contributed by atoms with Gasteiger partial charge in [-0.15, -0.1) is 0 Å². The SMILES string of the molecule is CC1(C)CCSCC1(CN)N1CCCSCC1. The van der Waals surface area contributed by atoms with Gasteiger partial charge in [0, 0.05) is 30.1 Å². The molecule has 0 aromatic heterocycles. The second-order valence-corrected chi connectivity index (χ2v) is 8.21. The normalized spacial score (nSPS) is 35.5. The third kappa shape index (κ3) is 2.65. The number of rotatable bonds is 2. The molecule has 100 valence electrons. The van der Waals surface area contributed by atoms with Crippen LogP contribution in [0.5, 0.6) is 0 Å². The molecule has 2 aliphatic heterocycles. The summed E-state index contributed by atoms with van der Waals surface area (Å²) in [5, 5.41) is 0. The molecule has 0 bridgehead atoms. The van der Waals surface area contributed by atoms with Gasteiger partial charge >= 0.3 is 0 Å².